The summed E-state index contributed by atoms with van der Waals surface area (Å²) in [7, 11) is -3.86. The first-order valence-electron chi connectivity index (χ1n) is 8.08. The lowest BCUT2D eigenvalue weighted by Gasteiger charge is -2.46. The molecule has 0 aliphatic carbocycles. The number of benzene rings is 1. The molecule has 0 radical (unpaired) electrons. The van der Waals surface area contributed by atoms with Gasteiger partial charge in [-0.25, -0.2) is 17.9 Å². The third kappa shape index (κ3) is 4.95. The summed E-state index contributed by atoms with van der Waals surface area (Å²) >= 11 is 0. The third-order valence-corrected chi connectivity index (χ3v) is 5.43. The van der Waals surface area contributed by atoms with Gasteiger partial charge in [0, 0.05) is 17.1 Å². The summed E-state index contributed by atoms with van der Waals surface area (Å²) in [5.74, 6) is 0. The zero-order valence-electron chi connectivity index (χ0n) is 14.9. The Balaban J connectivity index is 2.03. The second-order valence-electron chi connectivity index (χ2n) is 7.89. The highest BCUT2D eigenvalue weighted by molar-refractivity contribution is 7.90. The lowest BCUT2D eigenvalue weighted by atomic mass is 9.80. The molecule has 0 saturated carbocycles. The number of amides is 2. The van der Waals surface area contributed by atoms with Gasteiger partial charge in [-0.15, -0.1) is 0 Å². The van der Waals surface area contributed by atoms with Crippen LogP contribution in [0.15, 0.2) is 29.2 Å². The van der Waals surface area contributed by atoms with Gasteiger partial charge in [-0.1, -0.05) is 17.7 Å². The van der Waals surface area contributed by atoms with Crippen LogP contribution >= 0.6 is 0 Å². The van der Waals surface area contributed by atoms with E-state index < -0.39 is 16.1 Å². The summed E-state index contributed by atoms with van der Waals surface area (Å²) in [6.45, 7) is 10.2. The molecule has 1 aliphatic heterocycles. The van der Waals surface area contributed by atoms with Gasteiger partial charge in [0.05, 0.1) is 4.90 Å². The summed E-state index contributed by atoms with van der Waals surface area (Å²) in [6, 6.07) is 5.59. The van der Waals surface area contributed by atoms with Crippen LogP contribution in [0, 0.1) is 6.92 Å². The molecule has 2 amide bonds. The number of aryl methyl sites for hydroxylation is 1. The number of hydrogen-bond acceptors (Lipinski definition) is 4. The Kier molecular flexibility index (Phi) is 4.97. The summed E-state index contributed by atoms with van der Waals surface area (Å²) in [5, 5.41) is 6.32. The van der Waals surface area contributed by atoms with Gasteiger partial charge in [0.25, 0.3) is 10.0 Å². The molecular weight excluding hydrogens is 326 g/mol. The van der Waals surface area contributed by atoms with Crippen molar-refractivity contribution in [2.24, 2.45) is 0 Å². The molecule has 24 heavy (non-hydrogen) atoms. The molecule has 1 saturated heterocycles. The molecule has 6 nitrogen and oxygen atoms in total. The number of urea groups is 1. The Morgan fingerprint density at radius 3 is 2.08 bits per heavy atom. The van der Waals surface area contributed by atoms with E-state index in [-0.39, 0.29) is 22.0 Å². The molecule has 7 heteroatoms. The minimum absolute atomic E-state index is 0.0780. The van der Waals surface area contributed by atoms with Crippen molar-refractivity contribution in [3.8, 4) is 0 Å². The van der Waals surface area contributed by atoms with Gasteiger partial charge in [0.15, 0.2) is 0 Å². The highest BCUT2D eigenvalue weighted by Gasteiger charge is 2.38. The molecule has 0 unspecified atom stereocenters. The summed E-state index contributed by atoms with van der Waals surface area (Å²) in [6.07, 6.45) is 1.46. The van der Waals surface area contributed by atoms with Crippen molar-refractivity contribution in [1.82, 2.24) is 15.4 Å². The van der Waals surface area contributed by atoms with Crippen LogP contribution in [0.4, 0.5) is 4.79 Å². The number of carbonyl (C=O) groups excluding carboxylic acids is 1. The first-order chi connectivity index (χ1) is 10.9. The van der Waals surface area contributed by atoms with Gasteiger partial charge in [0.1, 0.15) is 0 Å². The maximum atomic E-state index is 12.3. The van der Waals surface area contributed by atoms with Gasteiger partial charge in [0.2, 0.25) is 0 Å². The summed E-state index contributed by atoms with van der Waals surface area (Å²) in [5.41, 5.74) is 0.697. The third-order valence-electron chi connectivity index (χ3n) is 4.08. The smallest absolute Gasteiger partial charge is 0.328 e. The Bertz CT molecular complexity index is 693. The Hall–Kier alpha value is -1.60. The van der Waals surface area contributed by atoms with Crippen LogP contribution in [-0.2, 0) is 10.0 Å². The largest absolute Gasteiger partial charge is 0.334 e. The molecule has 1 heterocycles. The van der Waals surface area contributed by atoms with Crippen molar-refractivity contribution in [2.45, 2.75) is 69.5 Å². The van der Waals surface area contributed by atoms with Crippen LogP contribution in [0.5, 0.6) is 0 Å². The van der Waals surface area contributed by atoms with E-state index in [1.807, 2.05) is 6.92 Å². The standard InChI is InChI=1S/C17H27N3O3S/c1-12-6-8-14(9-7-12)24(22,23)19-15(21)18-13-10-16(2,3)20-17(4,5)11-13/h6-9,13,20H,10-11H2,1-5H3,(H2,18,19,21). The molecule has 3 N–H and O–H groups in total. The highest BCUT2D eigenvalue weighted by atomic mass is 32.2. The fourth-order valence-corrected chi connectivity index (χ4v) is 4.45. The fourth-order valence-electron chi connectivity index (χ4n) is 3.54. The van der Waals surface area contributed by atoms with Gasteiger partial charge in [-0.3, -0.25) is 0 Å². The number of carbonyl (C=O) groups is 1. The predicted octanol–water partition coefficient (Wildman–Crippen LogP) is 2.29. The van der Waals surface area contributed by atoms with E-state index >= 15 is 0 Å². The molecule has 134 valence electrons. The van der Waals surface area contributed by atoms with Crippen LogP contribution in [0.3, 0.4) is 0 Å². The minimum Gasteiger partial charge on any atom is -0.334 e. The van der Waals surface area contributed by atoms with Crippen LogP contribution < -0.4 is 15.4 Å². The minimum atomic E-state index is -3.86. The number of sulfonamides is 1. The molecule has 1 aromatic carbocycles. The average Bonchev–Trinajstić information content (AvgIpc) is 2.33. The van der Waals surface area contributed by atoms with Crippen LogP contribution in [0.25, 0.3) is 0 Å². The number of nitrogens with one attached hydrogen (secondary N) is 3. The molecule has 1 fully saturated rings. The molecule has 0 bridgehead atoms. The van der Waals surface area contributed by atoms with Crippen LogP contribution in [-0.4, -0.2) is 31.6 Å². The fraction of sp³-hybridized carbons (Fsp3) is 0.588. The summed E-state index contributed by atoms with van der Waals surface area (Å²) < 4.78 is 26.6. The quantitative estimate of drug-likeness (QED) is 0.778. The first-order valence-corrected chi connectivity index (χ1v) is 9.56. The van der Waals surface area contributed by atoms with Crippen molar-refractivity contribution in [2.75, 3.05) is 0 Å². The van der Waals surface area contributed by atoms with E-state index in [1.54, 1.807) is 12.1 Å². The lowest BCUT2D eigenvalue weighted by molar-refractivity contribution is 0.148. The topological polar surface area (TPSA) is 87.3 Å². The Morgan fingerprint density at radius 1 is 1.08 bits per heavy atom. The van der Waals surface area contributed by atoms with Crippen molar-refractivity contribution in [3.05, 3.63) is 29.8 Å². The van der Waals surface area contributed by atoms with E-state index in [4.69, 9.17) is 0 Å². The van der Waals surface area contributed by atoms with Gasteiger partial charge < -0.3 is 10.6 Å². The first kappa shape index (κ1) is 18.7. The van der Waals surface area contributed by atoms with E-state index in [0.717, 1.165) is 18.4 Å². The second-order valence-corrected chi connectivity index (χ2v) is 9.57. The van der Waals surface area contributed by atoms with E-state index in [0.29, 0.717) is 0 Å². The number of rotatable bonds is 3. The average molecular weight is 353 g/mol. The molecule has 2 rings (SSSR count). The zero-order valence-corrected chi connectivity index (χ0v) is 15.8. The van der Waals surface area contributed by atoms with Crippen LogP contribution in [0.1, 0.15) is 46.1 Å². The molecule has 1 aliphatic rings. The molecule has 1 aromatic rings. The normalized spacial score (nSPS) is 20.4. The Labute approximate surface area is 144 Å². The van der Waals surface area contributed by atoms with Crippen molar-refractivity contribution < 1.29 is 13.2 Å². The van der Waals surface area contributed by atoms with Gasteiger partial charge >= 0.3 is 6.03 Å². The summed E-state index contributed by atoms with van der Waals surface area (Å²) in [4.78, 5) is 12.2. The Morgan fingerprint density at radius 2 is 1.58 bits per heavy atom. The highest BCUT2D eigenvalue weighted by Crippen LogP contribution is 2.28. The molecular formula is C17H27N3O3S. The SMILES string of the molecule is Cc1ccc(S(=O)(=O)NC(=O)NC2CC(C)(C)NC(C)(C)C2)cc1. The van der Waals surface area contributed by atoms with Gasteiger partial charge in [-0.2, -0.15) is 0 Å². The predicted molar refractivity (Wildman–Crippen MR) is 94.3 cm³/mol. The molecule has 0 atom stereocenters. The van der Waals surface area contributed by atoms with E-state index in [9.17, 15) is 13.2 Å². The maximum absolute atomic E-state index is 12.3. The van der Waals surface area contributed by atoms with Gasteiger partial charge in [-0.05, 0) is 59.6 Å². The van der Waals surface area contributed by atoms with Crippen molar-refractivity contribution >= 4 is 16.1 Å². The molecule has 0 aromatic heterocycles. The van der Waals surface area contributed by atoms with Crippen molar-refractivity contribution in [3.63, 3.8) is 0 Å². The second kappa shape index (κ2) is 6.37. The lowest BCUT2D eigenvalue weighted by Crippen LogP contribution is -2.62. The van der Waals surface area contributed by atoms with E-state index in [1.165, 1.54) is 12.1 Å². The van der Waals surface area contributed by atoms with Crippen molar-refractivity contribution in [1.29, 1.82) is 0 Å². The zero-order chi connectivity index (χ0) is 18.2. The maximum Gasteiger partial charge on any atom is 0.328 e. The number of piperidine rings is 1. The monoisotopic (exact) mass is 353 g/mol. The number of hydrogen-bond donors (Lipinski definition) is 3. The molecule has 0 spiro atoms. The van der Waals surface area contributed by atoms with E-state index in [2.05, 4.69) is 43.1 Å². The van der Waals surface area contributed by atoms with Crippen LogP contribution in [0.2, 0.25) is 0 Å².